The van der Waals surface area contributed by atoms with Gasteiger partial charge < -0.3 is 16.1 Å². The number of carboxylic acids is 1. The zero-order valence-electron chi connectivity index (χ0n) is 5.71. The van der Waals surface area contributed by atoms with Crippen molar-refractivity contribution in [3.8, 4) is 0 Å². The standard InChI is InChI=1S/C2H4O2.GeHO2.Li.H3N/c1-2(3)4;2-1-3;;/h1H3,(H,3,4);1H;;1H3/q;-1;+1;. The van der Waals surface area contributed by atoms with Crippen LogP contribution in [0.25, 0.3) is 0 Å². The molecule has 0 rings (SSSR count). The van der Waals surface area contributed by atoms with E-state index in [1.807, 2.05) is 0 Å². The van der Waals surface area contributed by atoms with Crippen LogP contribution in [-0.2, 0) is 8.57 Å². The van der Waals surface area contributed by atoms with Crippen molar-refractivity contribution in [1.82, 2.24) is 6.15 Å². The SMILES string of the molecule is CC(=O)[O-].[Li+].[NH4+].[O]=[GeH][O-]. The molecule has 0 aromatic rings. The Hall–Kier alpha value is 0.170. The molecule has 0 atom stereocenters. The molecule has 0 heterocycles. The fraction of sp³-hybridized carbons (Fsp3) is 0.500. The average molecular weight is 190 g/mol. The van der Waals surface area contributed by atoms with Gasteiger partial charge in [-0.05, 0) is 6.92 Å². The molecule has 0 amide bonds. The molecule has 0 aromatic heterocycles. The Morgan fingerprint density at radius 1 is 1.56 bits per heavy atom. The molecule has 0 aliphatic rings. The van der Waals surface area contributed by atoms with Gasteiger partial charge in [0, 0.05) is 5.97 Å². The van der Waals surface area contributed by atoms with Gasteiger partial charge in [-0.15, -0.1) is 0 Å². The number of rotatable bonds is 0. The van der Waals surface area contributed by atoms with Crippen molar-refractivity contribution < 1.29 is 36.7 Å². The molecule has 0 spiro atoms. The summed E-state index contributed by atoms with van der Waals surface area (Å²) in [6, 6.07) is 0. The summed E-state index contributed by atoms with van der Waals surface area (Å²) in [7, 11) is 0. The van der Waals surface area contributed by atoms with Gasteiger partial charge >= 0.3 is 42.5 Å². The van der Waals surface area contributed by atoms with E-state index in [0.29, 0.717) is 0 Å². The first kappa shape index (κ1) is 22.9. The van der Waals surface area contributed by atoms with Crippen molar-refractivity contribution in [3.63, 3.8) is 0 Å². The number of quaternary nitrogens is 1. The molecule has 9 heavy (non-hydrogen) atoms. The zero-order valence-corrected chi connectivity index (χ0v) is 8.13. The van der Waals surface area contributed by atoms with Crippen LogP contribution in [-0.4, -0.2) is 21.7 Å². The monoisotopic (exact) mass is 191 g/mol. The molecular weight excluding hydrogens is 182 g/mol. The molecule has 4 N–H and O–H groups in total. The first-order chi connectivity index (χ1) is 3.15. The Balaban J connectivity index is -0.0000000233. The first-order valence-electron chi connectivity index (χ1n) is 1.38. The number of hydrogen-bond donors (Lipinski definition) is 1. The Bertz CT molecular complexity index is 65.6. The minimum atomic E-state index is -2.19. The summed E-state index contributed by atoms with van der Waals surface area (Å²) in [4.78, 5) is 8.89. The van der Waals surface area contributed by atoms with Gasteiger partial charge in [0.15, 0.2) is 0 Å². The van der Waals surface area contributed by atoms with Crippen molar-refractivity contribution in [2.24, 2.45) is 0 Å². The molecule has 0 aliphatic carbocycles. The van der Waals surface area contributed by atoms with Crippen LogP contribution in [0.2, 0.25) is 0 Å². The average Bonchev–Trinajstić information content (AvgIpc) is 1.33. The third-order valence-electron chi connectivity index (χ3n) is 0. The molecule has 0 aliphatic heterocycles. The van der Waals surface area contributed by atoms with Crippen molar-refractivity contribution >= 4 is 21.7 Å². The summed E-state index contributed by atoms with van der Waals surface area (Å²) in [5, 5.41) is 8.89. The normalized spacial score (nSPS) is 4.11. The van der Waals surface area contributed by atoms with Crippen LogP contribution in [0.15, 0.2) is 0 Å². The molecule has 0 bridgehead atoms. The Morgan fingerprint density at radius 2 is 1.56 bits per heavy atom. The van der Waals surface area contributed by atoms with E-state index in [1.54, 1.807) is 0 Å². The van der Waals surface area contributed by atoms with Crippen LogP contribution >= 0.6 is 0 Å². The van der Waals surface area contributed by atoms with Gasteiger partial charge in [0.05, 0.1) is 0 Å². The van der Waals surface area contributed by atoms with Gasteiger partial charge in [-0.2, -0.15) is 0 Å². The van der Waals surface area contributed by atoms with E-state index < -0.39 is 21.7 Å². The second-order valence-corrected chi connectivity index (χ2v) is 0.992. The van der Waals surface area contributed by atoms with Gasteiger partial charge in [0.25, 0.3) is 0 Å². The molecule has 7 heteroatoms. The van der Waals surface area contributed by atoms with Gasteiger partial charge in [-0.3, -0.25) is 0 Å². The Labute approximate surface area is 71.6 Å². The maximum atomic E-state index is 8.89. The predicted molar refractivity (Wildman–Crippen MR) is 24.5 cm³/mol. The topological polar surface area (TPSA) is 117 Å². The van der Waals surface area contributed by atoms with Crippen LogP contribution in [0, 0.1) is 0 Å². The molecule has 50 valence electrons. The predicted octanol–water partition coefficient (Wildman–Crippen LogP) is -5.82. The van der Waals surface area contributed by atoms with Gasteiger partial charge in [-0.25, -0.2) is 0 Å². The second kappa shape index (κ2) is 24.2. The summed E-state index contributed by atoms with van der Waals surface area (Å²) in [5.41, 5.74) is 0. The van der Waals surface area contributed by atoms with E-state index in [4.69, 9.17) is 17.8 Å². The fourth-order valence-corrected chi connectivity index (χ4v) is 0. The number of carbonyl (C=O) groups excluding carboxylic acids is 1. The number of carboxylic acid groups (broad SMARTS) is 1. The molecule has 0 radical (unpaired) electrons. The second-order valence-electron chi connectivity index (χ2n) is 0.588. The molecule has 0 fully saturated rings. The number of hydrogen-bond acceptors (Lipinski definition) is 4. The van der Waals surface area contributed by atoms with Crippen LogP contribution < -0.4 is 34.3 Å². The summed E-state index contributed by atoms with van der Waals surface area (Å²) >= 11 is -2.19. The number of aliphatic carboxylic acids is 1. The van der Waals surface area contributed by atoms with Crippen LogP contribution in [0.4, 0.5) is 0 Å². The van der Waals surface area contributed by atoms with E-state index in [9.17, 15) is 0 Å². The van der Waals surface area contributed by atoms with Crippen LogP contribution in [0.1, 0.15) is 6.92 Å². The summed E-state index contributed by atoms with van der Waals surface area (Å²) in [5.74, 6) is -1.08. The molecular formula is C2H8GeLiNO4. The maximum absolute atomic E-state index is 8.89. The fourth-order valence-electron chi connectivity index (χ4n) is 0. The van der Waals surface area contributed by atoms with Gasteiger partial charge in [-0.1, -0.05) is 0 Å². The minimum absolute atomic E-state index is 0. The van der Waals surface area contributed by atoms with Crippen LogP contribution in [0.5, 0.6) is 0 Å². The quantitative estimate of drug-likeness (QED) is 0.382. The molecule has 0 saturated carbocycles. The molecule has 0 saturated heterocycles. The van der Waals surface area contributed by atoms with Crippen molar-refractivity contribution in [2.75, 3.05) is 0 Å². The van der Waals surface area contributed by atoms with E-state index >= 15 is 0 Å². The van der Waals surface area contributed by atoms with Crippen molar-refractivity contribution in [2.45, 2.75) is 6.92 Å². The van der Waals surface area contributed by atoms with E-state index in [2.05, 4.69) is 0 Å². The van der Waals surface area contributed by atoms with Crippen molar-refractivity contribution in [1.29, 1.82) is 0 Å². The van der Waals surface area contributed by atoms with E-state index in [1.165, 1.54) is 0 Å². The zero-order chi connectivity index (χ0) is 6.28. The summed E-state index contributed by atoms with van der Waals surface area (Å²) in [6.07, 6.45) is 0. The van der Waals surface area contributed by atoms with Gasteiger partial charge in [0.1, 0.15) is 0 Å². The van der Waals surface area contributed by atoms with E-state index in [0.717, 1.165) is 6.92 Å². The molecule has 5 nitrogen and oxygen atoms in total. The Morgan fingerprint density at radius 3 is 1.56 bits per heavy atom. The number of carbonyl (C=O) groups is 1. The first-order valence-corrected chi connectivity index (χ1v) is 3.36. The van der Waals surface area contributed by atoms with E-state index in [-0.39, 0.29) is 25.0 Å². The van der Waals surface area contributed by atoms with Gasteiger partial charge in [0.2, 0.25) is 0 Å². The van der Waals surface area contributed by atoms with Crippen LogP contribution in [0.3, 0.4) is 0 Å². The Kier molecular flexibility index (Phi) is 61.5. The summed E-state index contributed by atoms with van der Waals surface area (Å²) < 4.78 is 17.1. The summed E-state index contributed by atoms with van der Waals surface area (Å²) in [6.45, 7) is 0.972. The molecule has 0 unspecified atom stereocenters. The van der Waals surface area contributed by atoms with Crippen molar-refractivity contribution in [3.05, 3.63) is 0 Å². The third kappa shape index (κ3) is 10700. The third-order valence-corrected chi connectivity index (χ3v) is 0. The molecule has 0 aromatic carbocycles.